The molecule has 0 unspecified atom stereocenters. The van der Waals surface area contributed by atoms with Crippen LogP contribution in [0.25, 0.3) is 0 Å². The standard InChI is InChI=1S/C14H30O6S4/c1-15-13(16-2,17-3)9-7-11-21-23-24-22-12-8-10-14(18-4,19-5)20-6/h7-12H2,1-6H3. The number of hydrogen-bond donors (Lipinski definition) is 0. The van der Waals surface area contributed by atoms with Gasteiger partial charge in [0, 0.05) is 67.0 Å². The van der Waals surface area contributed by atoms with Crippen LogP contribution in [0.4, 0.5) is 0 Å². The molecule has 0 fully saturated rings. The quantitative estimate of drug-likeness (QED) is 0.191. The second kappa shape index (κ2) is 15.2. The van der Waals surface area contributed by atoms with Crippen molar-refractivity contribution >= 4 is 41.2 Å². The highest BCUT2D eigenvalue weighted by Gasteiger charge is 2.29. The van der Waals surface area contributed by atoms with Crippen molar-refractivity contribution in [1.29, 1.82) is 0 Å². The normalized spacial score (nSPS) is 12.8. The van der Waals surface area contributed by atoms with Crippen LogP contribution >= 0.6 is 41.2 Å². The summed E-state index contributed by atoms with van der Waals surface area (Å²) in [6.07, 6.45) is 3.32. The van der Waals surface area contributed by atoms with Gasteiger partial charge < -0.3 is 28.4 Å². The summed E-state index contributed by atoms with van der Waals surface area (Å²) in [7, 11) is 16.7. The third-order valence-corrected chi connectivity index (χ3v) is 10.0. The highest BCUT2D eigenvalue weighted by atomic mass is 33.7. The maximum absolute atomic E-state index is 5.26. The van der Waals surface area contributed by atoms with Gasteiger partial charge >= 0.3 is 0 Å². The van der Waals surface area contributed by atoms with Gasteiger partial charge in [0.1, 0.15) is 0 Å². The van der Waals surface area contributed by atoms with Crippen molar-refractivity contribution in [3.63, 3.8) is 0 Å². The van der Waals surface area contributed by atoms with E-state index < -0.39 is 11.9 Å². The number of ether oxygens (including phenoxy) is 6. The van der Waals surface area contributed by atoms with Gasteiger partial charge in [-0.2, -0.15) is 0 Å². The Morgan fingerprint density at radius 3 is 1.08 bits per heavy atom. The summed E-state index contributed by atoms with van der Waals surface area (Å²) in [6.45, 7) is 0. The van der Waals surface area contributed by atoms with Crippen LogP contribution in [0.1, 0.15) is 25.7 Å². The van der Waals surface area contributed by atoms with Gasteiger partial charge in [0.15, 0.2) is 0 Å². The van der Waals surface area contributed by atoms with Crippen LogP contribution < -0.4 is 0 Å². The molecule has 0 N–H and O–H groups in total. The van der Waals surface area contributed by atoms with Gasteiger partial charge in [0.05, 0.1) is 0 Å². The molecule has 0 atom stereocenters. The zero-order chi connectivity index (χ0) is 18.3. The number of hydrogen-bond acceptors (Lipinski definition) is 10. The lowest BCUT2D eigenvalue weighted by atomic mass is 10.3. The molecule has 0 aliphatic carbocycles. The molecule has 0 amide bonds. The summed E-state index contributed by atoms with van der Waals surface area (Å²) in [4.78, 5) is 0. The van der Waals surface area contributed by atoms with Crippen LogP contribution in [0.2, 0.25) is 0 Å². The first-order chi connectivity index (χ1) is 11.6. The van der Waals surface area contributed by atoms with Crippen LogP contribution in [-0.2, 0) is 28.4 Å². The van der Waals surface area contributed by atoms with E-state index in [1.807, 2.05) is 21.6 Å². The predicted molar refractivity (Wildman–Crippen MR) is 106 cm³/mol. The average molecular weight is 423 g/mol. The first-order valence-electron chi connectivity index (χ1n) is 7.46. The van der Waals surface area contributed by atoms with Crippen molar-refractivity contribution in [3.8, 4) is 0 Å². The van der Waals surface area contributed by atoms with Crippen LogP contribution in [0.3, 0.4) is 0 Å². The van der Waals surface area contributed by atoms with E-state index in [1.54, 1.807) is 62.3 Å². The van der Waals surface area contributed by atoms with E-state index in [9.17, 15) is 0 Å². The lowest BCUT2D eigenvalue weighted by Crippen LogP contribution is -2.35. The Morgan fingerprint density at radius 1 is 0.542 bits per heavy atom. The zero-order valence-electron chi connectivity index (χ0n) is 15.3. The van der Waals surface area contributed by atoms with Crippen molar-refractivity contribution < 1.29 is 28.4 Å². The average Bonchev–Trinajstić information content (AvgIpc) is 2.64. The third kappa shape index (κ3) is 9.75. The van der Waals surface area contributed by atoms with Gasteiger partial charge in [0.2, 0.25) is 0 Å². The predicted octanol–water partition coefficient (Wildman–Crippen LogP) is 4.41. The van der Waals surface area contributed by atoms with Crippen molar-refractivity contribution in [3.05, 3.63) is 0 Å². The molecule has 10 heteroatoms. The molecule has 0 bridgehead atoms. The fourth-order valence-corrected chi connectivity index (χ4v) is 8.06. The molecule has 0 aromatic rings. The van der Waals surface area contributed by atoms with Gasteiger partial charge in [-0.3, -0.25) is 0 Å². The fraction of sp³-hybridized carbons (Fsp3) is 1.00. The molecule has 0 spiro atoms. The molecule has 0 aliphatic heterocycles. The Balaban J connectivity index is 3.58. The molecule has 0 aromatic heterocycles. The van der Waals surface area contributed by atoms with Gasteiger partial charge in [0.25, 0.3) is 11.9 Å². The van der Waals surface area contributed by atoms with Crippen molar-refractivity contribution in [2.75, 3.05) is 54.2 Å². The summed E-state index contributed by atoms with van der Waals surface area (Å²) in [5.41, 5.74) is 0. The van der Waals surface area contributed by atoms with Crippen molar-refractivity contribution in [2.45, 2.75) is 37.6 Å². The van der Waals surface area contributed by atoms with Crippen LogP contribution in [-0.4, -0.2) is 66.1 Å². The lowest BCUT2D eigenvalue weighted by molar-refractivity contribution is -0.355. The highest BCUT2D eigenvalue weighted by molar-refractivity contribution is 9.26. The number of methoxy groups -OCH3 is 6. The van der Waals surface area contributed by atoms with E-state index in [2.05, 4.69) is 0 Å². The van der Waals surface area contributed by atoms with Crippen molar-refractivity contribution in [2.24, 2.45) is 0 Å². The Bertz CT molecular complexity index is 246. The summed E-state index contributed by atoms with van der Waals surface area (Å²) < 4.78 is 31.6. The topological polar surface area (TPSA) is 55.4 Å². The van der Waals surface area contributed by atoms with Crippen molar-refractivity contribution in [1.82, 2.24) is 0 Å². The van der Waals surface area contributed by atoms with Gasteiger partial charge in [-0.05, 0) is 32.5 Å². The smallest absolute Gasteiger partial charge is 0.282 e. The van der Waals surface area contributed by atoms with Gasteiger partial charge in [-0.15, -0.1) is 0 Å². The highest BCUT2D eigenvalue weighted by Crippen LogP contribution is 2.44. The fourth-order valence-electron chi connectivity index (χ4n) is 1.91. The molecular weight excluding hydrogens is 392 g/mol. The maximum atomic E-state index is 5.26. The molecule has 0 heterocycles. The van der Waals surface area contributed by atoms with E-state index >= 15 is 0 Å². The molecule has 146 valence electrons. The molecule has 0 radical (unpaired) electrons. The van der Waals surface area contributed by atoms with Gasteiger partial charge in [-0.1, -0.05) is 21.6 Å². The second-order valence-electron chi connectivity index (χ2n) is 4.58. The molecule has 0 saturated heterocycles. The van der Waals surface area contributed by atoms with E-state index in [4.69, 9.17) is 28.4 Å². The van der Waals surface area contributed by atoms with E-state index in [0.29, 0.717) is 12.8 Å². The first-order valence-corrected chi connectivity index (χ1v) is 12.6. The summed E-state index contributed by atoms with van der Waals surface area (Å²) in [5, 5.41) is 0. The molecule has 0 aliphatic rings. The molecule has 24 heavy (non-hydrogen) atoms. The summed E-state index contributed by atoms with van der Waals surface area (Å²) >= 11 is 0. The Kier molecular flexibility index (Phi) is 16.0. The summed E-state index contributed by atoms with van der Waals surface area (Å²) in [6, 6.07) is 0. The molecule has 0 rings (SSSR count). The number of rotatable bonds is 17. The Hall–Kier alpha value is 1.16. The van der Waals surface area contributed by atoms with Crippen LogP contribution in [0.15, 0.2) is 0 Å². The minimum Gasteiger partial charge on any atom is -0.331 e. The third-order valence-electron chi connectivity index (χ3n) is 3.41. The minimum atomic E-state index is -0.913. The Labute approximate surface area is 161 Å². The maximum Gasteiger partial charge on any atom is 0.282 e. The first kappa shape index (κ1) is 25.2. The zero-order valence-corrected chi connectivity index (χ0v) is 18.6. The van der Waals surface area contributed by atoms with E-state index in [0.717, 1.165) is 24.3 Å². The van der Waals surface area contributed by atoms with E-state index in [-0.39, 0.29) is 0 Å². The van der Waals surface area contributed by atoms with Crippen LogP contribution in [0, 0.1) is 0 Å². The molecule has 6 nitrogen and oxygen atoms in total. The molecule has 0 saturated carbocycles. The minimum absolute atomic E-state index is 0.703. The van der Waals surface area contributed by atoms with Gasteiger partial charge in [-0.25, -0.2) is 0 Å². The van der Waals surface area contributed by atoms with E-state index in [1.165, 1.54) is 0 Å². The monoisotopic (exact) mass is 422 g/mol. The lowest BCUT2D eigenvalue weighted by Gasteiger charge is -2.28. The Morgan fingerprint density at radius 2 is 0.833 bits per heavy atom. The SMILES string of the molecule is COC(CCCSSSSCCCC(OC)(OC)OC)(OC)OC. The second-order valence-corrected chi connectivity index (χ2v) is 10.8. The molecular formula is C14H30O6S4. The van der Waals surface area contributed by atoms with Crippen LogP contribution in [0.5, 0.6) is 0 Å². The summed E-state index contributed by atoms with van der Waals surface area (Å²) in [5.74, 6) is 0.194. The largest absolute Gasteiger partial charge is 0.331 e. The molecule has 0 aromatic carbocycles.